The third-order valence-electron chi connectivity index (χ3n) is 1.95. The number of hydrogen-bond acceptors (Lipinski definition) is 4. The lowest BCUT2D eigenvalue weighted by Crippen LogP contribution is -2.47. The normalized spacial score (nSPS) is 14.3. The van der Waals surface area contributed by atoms with Gasteiger partial charge in [-0.25, -0.2) is 9.59 Å². The van der Waals surface area contributed by atoms with Crippen molar-refractivity contribution in [3.05, 3.63) is 0 Å². The molecule has 1 amide bonds. The number of nitrogens with zero attached hydrogens (tertiary/aromatic N) is 1. The average molecular weight is 242 g/mol. The summed E-state index contributed by atoms with van der Waals surface area (Å²) in [6.07, 6.45) is -0.498. The van der Waals surface area contributed by atoms with Crippen LogP contribution in [0.1, 0.15) is 34.1 Å². The summed E-state index contributed by atoms with van der Waals surface area (Å²) in [7, 11) is 0. The van der Waals surface area contributed by atoms with Crippen LogP contribution in [0.3, 0.4) is 0 Å². The number of rotatable bonds is 4. The first-order valence-electron chi connectivity index (χ1n) is 5.33. The molecule has 0 radical (unpaired) electrons. The fourth-order valence-corrected chi connectivity index (χ4v) is 1.17. The maximum absolute atomic E-state index is 11.4. The highest BCUT2D eigenvalue weighted by atomic mass is 16.6. The number of alkyl carbamates (subject to hydrolysis) is 1. The molecule has 0 fully saturated rings. The molecule has 0 saturated carbocycles. The summed E-state index contributed by atoms with van der Waals surface area (Å²) in [6.45, 7) is 6.69. The van der Waals surface area contributed by atoms with E-state index in [0.29, 0.717) is 6.42 Å². The summed E-state index contributed by atoms with van der Waals surface area (Å²) in [5, 5.41) is 19.9. The van der Waals surface area contributed by atoms with Crippen LogP contribution in [0.5, 0.6) is 0 Å². The van der Waals surface area contributed by atoms with E-state index in [0.717, 1.165) is 0 Å². The van der Waals surface area contributed by atoms with Crippen molar-refractivity contribution < 1.29 is 19.4 Å². The second-order valence-electron chi connectivity index (χ2n) is 4.61. The lowest BCUT2D eigenvalue weighted by molar-refractivity contribution is -0.140. The van der Waals surface area contributed by atoms with E-state index in [4.69, 9.17) is 15.1 Å². The van der Waals surface area contributed by atoms with E-state index in [1.165, 1.54) is 0 Å². The molecule has 0 spiro atoms. The predicted octanol–water partition coefficient (Wildman–Crippen LogP) is 1.51. The molecule has 17 heavy (non-hydrogen) atoms. The first-order chi connectivity index (χ1) is 7.71. The van der Waals surface area contributed by atoms with Crippen LogP contribution in [-0.2, 0) is 9.53 Å². The molecule has 0 aromatic rings. The smallest absolute Gasteiger partial charge is 0.408 e. The van der Waals surface area contributed by atoms with Crippen molar-refractivity contribution in [3.8, 4) is 6.07 Å². The van der Waals surface area contributed by atoms with Crippen molar-refractivity contribution >= 4 is 12.1 Å². The Morgan fingerprint density at radius 1 is 1.47 bits per heavy atom. The van der Waals surface area contributed by atoms with Crippen LogP contribution in [-0.4, -0.2) is 28.8 Å². The van der Waals surface area contributed by atoms with Crippen LogP contribution in [0.25, 0.3) is 0 Å². The summed E-state index contributed by atoms with van der Waals surface area (Å²) in [6, 6.07) is 0.600. The molecule has 2 atom stereocenters. The maximum atomic E-state index is 11.4. The first kappa shape index (κ1) is 15.2. The topological polar surface area (TPSA) is 99.4 Å². The number of carbonyl (C=O) groups excluding carboxylic acids is 1. The van der Waals surface area contributed by atoms with Gasteiger partial charge in [-0.3, -0.25) is 0 Å². The molecule has 0 aliphatic carbocycles. The Bertz CT molecular complexity index is 327. The van der Waals surface area contributed by atoms with Gasteiger partial charge in [0.1, 0.15) is 11.6 Å². The van der Waals surface area contributed by atoms with E-state index in [1.54, 1.807) is 27.7 Å². The zero-order chi connectivity index (χ0) is 13.6. The molecule has 0 aliphatic heterocycles. The van der Waals surface area contributed by atoms with Crippen molar-refractivity contribution in [1.82, 2.24) is 5.32 Å². The van der Waals surface area contributed by atoms with Gasteiger partial charge in [-0.05, 0) is 27.2 Å². The number of nitrogens with one attached hydrogen (secondary N) is 1. The van der Waals surface area contributed by atoms with Gasteiger partial charge in [-0.15, -0.1) is 0 Å². The minimum atomic E-state index is -1.25. The maximum Gasteiger partial charge on any atom is 0.408 e. The van der Waals surface area contributed by atoms with Gasteiger partial charge < -0.3 is 15.2 Å². The van der Waals surface area contributed by atoms with Crippen LogP contribution >= 0.6 is 0 Å². The summed E-state index contributed by atoms with van der Waals surface area (Å²) in [5.74, 6) is -2.02. The van der Waals surface area contributed by atoms with E-state index in [2.05, 4.69) is 5.32 Å². The monoisotopic (exact) mass is 242 g/mol. The van der Waals surface area contributed by atoms with Gasteiger partial charge in [0.2, 0.25) is 0 Å². The molecular weight excluding hydrogens is 224 g/mol. The molecule has 0 heterocycles. The van der Waals surface area contributed by atoms with E-state index in [-0.39, 0.29) is 0 Å². The third-order valence-corrected chi connectivity index (χ3v) is 1.95. The zero-order valence-corrected chi connectivity index (χ0v) is 10.5. The number of amides is 1. The number of carboxylic acid groups (broad SMARTS) is 1. The molecule has 0 aromatic carbocycles. The number of hydrogen-bond donors (Lipinski definition) is 2. The van der Waals surface area contributed by atoms with Crippen molar-refractivity contribution in [1.29, 1.82) is 5.26 Å². The zero-order valence-electron chi connectivity index (χ0n) is 10.5. The number of ether oxygens (including phenoxy) is 1. The molecule has 0 aromatic heterocycles. The van der Waals surface area contributed by atoms with Gasteiger partial charge >= 0.3 is 12.1 Å². The van der Waals surface area contributed by atoms with Gasteiger partial charge in [0.25, 0.3) is 0 Å². The molecule has 6 nitrogen and oxygen atoms in total. The Labute approximate surface area is 101 Å². The molecule has 0 saturated heterocycles. The van der Waals surface area contributed by atoms with Crippen LogP contribution in [0.4, 0.5) is 4.79 Å². The Morgan fingerprint density at radius 2 is 2.00 bits per heavy atom. The second-order valence-corrected chi connectivity index (χ2v) is 4.61. The van der Waals surface area contributed by atoms with Gasteiger partial charge in [-0.2, -0.15) is 5.26 Å². The molecule has 0 aliphatic rings. The fourth-order valence-electron chi connectivity index (χ4n) is 1.17. The molecule has 0 rings (SSSR count). The molecular formula is C11H18N2O4. The highest BCUT2D eigenvalue weighted by Crippen LogP contribution is 2.11. The number of carboxylic acids is 1. The van der Waals surface area contributed by atoms with Gasteiger partial charge in [0.05, 0.1) is 12.0 Å². The minimum Gasteiger partial charge on any atom is -0.480 e. The summed E-state index contributed by atoms with van der Waals surface area (Å²) in [4.78, 5) is 22.3. The minimum absolute atomic E-state index is 0.337. The molecule has 2 unspecified atom stereocenters. The second kappa shape index (κ2) is 6.09. The van der Waals surface area contributed by atoms with Crippen LogP contribution in [0, 0.1) is 17.2 Å². The van der Waals surface area contributed by atoms with Crippen LogP contribution in [0.15, 0.2) is 0 Å². The molecule has 0 bridgehead atoms. The largest absolute Gasteiger partial charge is 0.480 e. The number of aliphatic carboxylic acids is 1. The van der Waals surface area contributed by atoms with E-state index in [1.807, 2.05) is 6.07 Å². The standard InChI is InChI=1S/C11H18N2O4/c1-5-7(6-12)8(9(14)15)13-10(16)17-11(2,3)4/h7-8H,5H2,1-4H3,(H,13,16)(H,14,15). The summed E-state index contributed by atoms with van der Waals surface area (Å²) >= 11 is 0. The highest BCUT2D eigenvalue weighted by molar-refractivity contribution is 5.80. The Kier molecular flexibility index (Phi) is 5.45. The highest BCUT2D eigenvalue weighted by Gasteiger charge is 2.30. The third kappa shape index (κ3) is 5.76. The van der Waals surface area contributed by atoms with Crippen molar-refractivity contribution in [2.45, 2.75) is 45.8 Å². The number of nitriles is 1. The van der Waals surface area contributed by atoms with Gasteiger partial charge in [-0.1, -0.05) is 6.92 Å². The number of carbonyl (C=O) groups is 2. The fraction of sp³-hybridized carbons (Fsp3) is 0.727. The lowest BCUT2D eigenvalue weighted by atomic mass is 9.99. The lowest BCUT2D eigenvalue weighted by Gasteiger charge is -2.23. The molecule has 2 N–H and O–H groups in total. The summed E-state index contributed by atoms with van der Waals surface area (Å²) in [5.41, 5.74) is -0.707. The Balaban J connectivity index is 4.63. The Morgan fingerprint density at radius 3 is 2.29 bits per heavy atom. The van der Waals surface area contributed by atoms with Gasteiger partial charge in [0, 0.05) is 0 Å². The first-order valence-corrected chi connectivity index (χ1v) is 5.33. The van der Waals surface area contributed by atoms with E-state index < -0.39 is 29.6 Å². The SMILES string of the molecule is CCC(C#N)C(NC(=O)OC(C)(C)C)C(=O)O. The quantitative estimate of drug-likeness (QED) is 0.778. The van der Waals surface area contributed by atoms with Crippen LogP contribution < -0.4 is 5.32 Å². The van der Waals surface area contributed by atoms with E-state index in [9.17, 15) is 9.59 Å². The van der Waals surface area contributed by atoms with Crippen molar-refractivity contribution in [2.75, 3.05) is 0 Å². The molecule has 96 valence electrons. The molecule has 6 heteroatoms. The Hall–Kier alpha value is -1.77. The van der Waals surface area contributed by atoms with Crippen LogP contribution in [0.2, 0.25) is 0 Å². The van der Waals surface area contributed by atoms with Crippen molar-refractivity contribution in [3.63, 3.8) is 0 Å². The van der Waals surface area contributed by atoms with Crippen molar-refractivity contribution in [2.24, 2.45) is 5.92 Å². The van der Waals surface area contributed by atoms with E-state index >= 15 is 0 Å². The van der Waals surface area contributed by atoms with Gasteiger partial charge in [0.15, 0.2) is 0 Å². The predicted molar refractivity (Wildman–Crippen MR) is 60.2 cm³/mol. The summed E-state index contributed by atoms with van der Waals surface area (Å²) < 4.78 is 4.93. The average Bonchev–Trinajstić information content (AvgIpc) is 2.14.